The molecular formula is C26H28N2O3. The Morgan fingerprint density at radius 1 is 1.00 bits per heavy atom. The Balaban J connectivity index is 1.44. The molecule has 1 fully saturated rings. The van der Waals surface area contributed by atoms with Gasteiger partial charge in [-0.3, -0.25) is 9.59 Å². The number of nitrogens with zero attached hydrogens (tertiary/aromatic N) is 1. The molecule has 5 heteroatoms. The van der Waals surface area contributed by atoms with E-state index in [1.54, 1.807) is 6.26 Å². The minimum absolute atomic E-state index is 0.0331. The minimum atomic E-state index is -0.0331. The van der Waals surface area contributed by atoms with E-state index in [-0.39, 0.29) is 17.7 Å². The Bertz CT molecular complexity index is 993. The lowest BCUT2D eigenvalue weighted by molar-refractivity contribution is -0.133. The van der Waals surface area contributed by atoms with Crippen LogP contribution in [0.4, 0.5) is 0 Å². The summed E-state index contributed by atoms with van der Waals surface area (Å²) in [6.45, 7) is 2.95. The molecule has 0 spiro atoms. The van der Waals surface area contributed by atoms with E-state index in [0.29, 0.717) is 31.1 Å². The first-order chi connectivity index (χ1) is 15.1. The highest BCUT2D eigenvalue weighted by molar-refractivity contribution is 5.94. The standard InChI is InChI=1S/C26H28N2O3/c1-19(21-6-3-2-4-7-21)16-25(29)28(18-24-8-5-15-31-24)17-20-9-11-22(12-10-20)26(30)27-23-13-14-23/h2-12,15,19,23H,13-14,16-18H2,1H3,(H,27,30). The van der Waals surface area contributed by atoms with Crippen LogP contribution < -0.4 is 5.32 Å². The van der Waals surface area contributed by atoms with Crippen molar-refractivity contribution in [3.8, 4) is 0 Å². The first-order valence-electron chi connectivity index (χ1n) is 10.8. The van der Waals surface area contributed by atoms with E-state index in [1.807, 2.05) is 59.5 Å². The largest absolute Gasteiger partial charge is 0.467 e. The van der Waals surface area contributed by atoms with E-state index in [1.165, 1.54) is 0 Å². The molecule has 0 saturated heterocycles. The van der Waals surface area contributed by atoms with Crippen molar-refractivity contribution in [3.05, 3.63) is 95.4 Å². The lowest BCUT2D eigenvalue weighted by Crippen LogP contribution is -2.31. The molecule has 5 nitrogen and oxygen atoms in total. The number of amides is 2. The predicted molar refractivity (Wildman–Crippen MR) is 119 cm³/mol. The molecule has 1 N–H and O–H groups in total. The molecule has 0 bridgehead atoms. The third-order valence-corrected chi connectivity index (χ3v) is 5.63. The van der Waals surface area contributed by atoms with Crippen LogP contribution in [0.2, 0.25) is 0 Å². The Morgan fingerprint density at radius 2 is 1.74 bits per heavy atom. The van der Waals surface area contributed by atoms with E-state index >= 15 is 0 Å². The van der Waals surface area contributed by atoms with Gasteiger partial charge in [-0.1, -0.05) is 49.4 Å². The summed E-state index contributed by atoms with van der Waals surface area (Å²) in [4.78, 5) is 27.2. The van der Waals surface area contributed by atoms with Crippen LogP contribution in [0.3, 0.4) is 0 Å². The maximum atomic E-state index is 13.2. The third kappa shape index (κ3) is 5.85. The summed E-state index contributed by atoms with van der Waals surface area (Å²) in [6.07, 6.45) is 4.18. The Kier molecular flexibility index (Phi) is 6.51. The fourth-order valence-corrected chi connectivity index (χ4v) is 3.59. The normalized spacial score (nSPS) is 14.1. The maximum absolute atomic E-state index is 13.2. The molecule has 1 atom stereocenters. The number of hydrogen-bond donors (Lipinski definition) is 1. The monoisotopic (exact) mass is 416 g/mol. The smallest absolute Gasteiger partial charge is 0.251 e. The molecule has 3 aromatic rings. The lowest BCUT2D eigenvalue weighted by atomic mass is 9.97. The van der Waals surface area contributed by atoms with Crippen LogP contribution in [0, 0.1) is 0 Å². The molecule has 1 unspecified atom stereocenters. The van der Waals surface area contributed by atoms with Crippen molar-refractivity contribution < 1.29 is 14.0 Å². The zero-order chi connectivity index (χ0) is 21.6. The first-order valence-corrected chi connectivity index (χ1v) is 10.8. The number of furan rings is 1. The van der Waals surface area contributed by atoms with Gasteiger partial charge in [0.25, 0.3) is 5.91 Å². The fourth-order valence-electron chi connectivity index (χ4n) is 3.59. The van der Waals surface area contributed by atoms with Gasteiger partial charge in [0.1, 0.15) is 5.76 Å². The molecule has 1 aliphatic carbocycles. The third-order valence-electron chi connectivity index (χ3n) is 5.63. The molecule has 1 saturated carbocycles. The number of nitrogens with one attached hydrogen (secondary N) is 1. The number of benzene rings is 2. The molecule has 1 heterocycles. The molecule has 2 aromatic carbocycles. The lowest BCUT2D eigenvalue weighted by Gasteiger charge is -2.24. The quantitative estimate of drug-likeness (QED) is 0.540. The molecule has 0 radical (unpaired) electrons. The second-order valence-electron chi connectivity index (χ2n) is 8.29. The summed E-state index contributed by atoms with van der Waals surface area (Å²) < 4.78 is 5.49. The van der Waals surface area contributed by atoms with Crippen LogP contribution in [0.5, 0.6) is 0 Å². The maximum Gasteiger partial charge on any atom is 0.251 e. The summed E-state index contributed by atoms with van der Waals surface area (Å²) in [5, 5.41) is 3.00. The zero-order valence-electron chi connectivity index (χ0n) is 17.8. The minimum Gasteiger partial charge on any atom is -0.467 e. The Morgan fingerprint density at radius 3 is 2.39 bits per heavy atom. The Labute approximate surface area is 183 Å². The van der Waals surface area contributed by atoms with Crippen molar-refractivity contribution in [1.82, 2.24) is 10.2 Å². The average molecular weight is 417 g/mol. The van der Waals surface area contributed by atoms with Crippen molar-refractivity contribution in [2.45, 2.75) is 51.2 Å². The molecule has 1 aliphatic rings. The van der Waals surface area contributed by atoms with Crippen LogP contribution in [0.1, 0.15) is 59.3 Å². The van der Waals surface area contributed by atoms with Gasteiger partial charge in [0.05, 0.1) is 12.8 Å². The van der Waals surface area contributed by atoms with E-state index in [0.717, 1.165) is 29.7 Å². The highest BCUT2D eigenvalue weighted by Crippen LogP contribution is 2.22. The zero-order valence-corrected chi connectivity index (χ0v) is 17.8. The summed E-state index contributed by atoms with van der Waals surface area (Å²) in [5.74, 6) is 0.917. The van der Waals surface area contributed by atoms with Gasteiger partial charge in [0, 0.05) is 24.6 Å². The van der Waals surface area contributed by atoms with Crippen molar-refractivity contribution in [3.63, 3.8) is 0 Å². The van der Waals surface area contributed by atoms with Crippen LogP contribution in [0.25, 0.3) is 0 Å². The van der Waals surface area contributed by atoms with Crippen LogP contribution in [-0.2, 0) is 17.9 Å². The average Bonchev–Trinajstić information content (AvgIpc) is 3.45. The van der Waals surface area contributed by atoms with Gasteiger partial charge in [-0.25, -0.2) is 0 Å². The molecule has 31 heavy (non-hydrogen) atoms. The van der Waals surface area contributed by atoms with E-state index in [9.17, 15) is 9.59 Å². The molecular weight excluding hydrogens is 388 g/mol. The van der Waals surface area contributed by atoms with Crippen molar-refractivity contribution in [2.75, 3.05) is 0 Å². The number of hydrogen-bond acceptors (Lipinski definition) is 3. The second kappa shape index (κ2) is 9.65. The van der Waals surface area contributed by atoms with E-state index in [4.69, 9.17) is 4.42 Å². The van der Waals surface area contributed by atoms with Gasteiger partial charge in [-0.2, -0.15) is 0 Å². The SMILES string of the molecule is CC(CC(=O)N(Cc1ccc(C(=O)NC2CC2)cc1)Cc1ccco1)c1ccccc1. The molecule has 0 aliphatic heterocycles. The van der Waals surface area contributed by atoms with Crippen molar-refractivity contribution in [1.29, 1.82) is 0 Å². The molecule has 160 valence electrons. The summed E-state index contributed by atoms with van der Waals surface area (Å²) in [5.41, 5.74) is 2.78. The van der Waals surface area contributed by atoms with Crippen molar-refractivity contribution in [2.24, 2.45) is 0 Å². The van der Waals surface area contributed by atoms with Crippen molar-refractivity contribution >= 4 is 11.8 Å². The van der Waals surface area contributed by atoms with Gasteiger partial charge in [0.2, 0.25) is 5.91 Å². The molecule has 4 rings (SSSR count). The van der Waals surface area contributed by atoms with Gasteiger partial charge < -0.3 is 14.6 Å². The van der Waals surface area contributed by atoms with Gasteiger partial charge >= 0.3 is 0 Å². The van der Waals surface area contributed by atoms with Crippen LogP contribution in [-0.4, -0.2) is 22.8 Å². The van der Waals surface area contributed by atoms with E-state index in [2.05, 4.69) is 24.4 Å². The number of rotatable bonds is 9. The first kappa shape index (κ1) is 20.9. The van der Waals surface area contributed by atoms with Crippen LogP contribution >= 0.6 is 0 Å². The Hall–Kier alpha value is -3.34. The predicted octanol–water partition coefficient (Wildman–Crippen LogP) is 4.89. The number of carbonyl (C=O) groups excluding carboxylic acids is 2. The molecule has 2 amide bonds. The molecule has 1 aromatic heterocycles. The second-order valence-corrected chi connectivity index (χ2v) is 8.29. The summed E-state index contributed by atoms with van der Waals surface area (Å²) >= 11 is 0. The van der Waals surface area contributed by atoms with Gasteiger partial charge in [-0.05, 0) is 54.2 Å². The van der Waals surface area contributed by atoms with Gasteiger partial charge in [-0.15, -0.1) is 0 Å². The summed E-state index contributed by atoms with van der Waals surface area (Å²) in [6, 6.07) is 21.6. The van der Waals surface area contributed by atoms with E-state index < -0.39 is 0 Å². The summed E-state index contributed by atoms with van der Waals surface area (Å²) in [7, 11) is 0. The fraction of sp³-hybridized carbons (Fsp3) is 0.308. The number of carbonyl (C=O) groups is 2. The highest BCUT2D eigenvalue weighted by atomic mass is 16.3. The van der Waals surface area contributed by atoms with Crippen LogP contribution in [0.15, 0.2) is 77.4 Å². The topological polar surface area (TPSA) is 62.6 Å². The van der Waals surface area contributed by atoms with Gasteiger partial charge in [0.15, 0.2) is 0 Å². The highest BCUT2D eigenvalue weighted by Gasteiger charge is 2.24.